The topological polar surface area (TPSA) is 79.3 Å². The van der Waals surface area contributed by atoms with Crippen LogP contribution in [0.3, 0.4) is 0 Å². The summed E-state index contributed by atoms with van der Waals surface area (Å²) in [4.78, 5) is 28.6. The number of carbonyl (C=O) groups excluding carboxylic acids is 1. The third-order valence-corrected chi connectivity index (χ3v) is 5.83. The van der Waals surface area contributed by atoms with E-state index in [0.29, 0.717) is 5.13 Å². The molecule has 118 valence electrons. The van der Waals surface area contributed by atoms with Gasteiger partial charge in [-0.15, -0.1) is 0 Å². The molecule has 4 atom stereocenters. The summed E-state index contributed by atoms with van der Waals surface area (Å²) >= 11 is 1.42. The maximum atomic E-state index is 12.6. The lowest BCUT2D eigenvalue weighted by Crippen LogP contribution is -2.36. The van der Waals surface area contributed by atoms with Gasteiger partial charge in [-0.2, -0.15) is 0 Å². The van der Waals surface area contributed by atoms with Gasteiger partial charge in [0.1, 0.15) is 0 Å². The fourth-order valence-corrected chi connectivity index (χ4v) is 4.79. The molecule has 1 aromatic heterocycles. The smallest absolute Gasteiger partial charge is 0.307 e. The number of amides is 1. The Hall–Kier alpha value is -2.21. The third kappa shape index (κ3) is 2.25. The number of hydrogen-bond acceptors (Lipinski definition) is 4. The summed E-state index contributed by atoms with van der Waals surface area (Å²) in [6, 6.07) is 5.91. The molecule has 2 bridgehead atoms. The van der Waals surface area contributed by atoms with Crippen molar-refractivity contribution < 1.29 is 14.7 Å². The molecule has 2 aliphatic rings. The molecule has 4 rings (SSSR count). The zero-order chi connectivity index (χ0) is 16.1. The van der Waals surface area contributed by atoms with Gasteiger partial charge < -0.3 is 10.4 Å². The molecule has 0 saturated heterocycles. The average molecular weight is 328 g/mol. The second-order valence-electron chi connectivity index (χ2n) is 6.27. The number of aromatic nitrogens is 1. The largest absolute Gasteiger partial charge is 0.481 e. The monoisotopic (exact) mass is 328 g/mol. The van der Waals surface area contributed by atoms with Gasteiger partial charge in [-0.1, -0.05) is 35.6 Å². The number of hydrogen-bond donors (Lipinski definition) is 2. The van der Waals surface area contributed by atoms with Crippen molar-refractivity contribution in [2.75, 3.05) is 5.32 Å². The van der Waals surface area contributed by atoms with Crippen LogP contribution in [0.25, 0.3) is 10.2 Å². The maximum Gasteiger partial charge on any atom is 0.307 e. The number of thiazole rings is 1. The molecule has 2 aliphatic carbocycles. The molecule has 1 aromatic carbocycles. The standard InChI is InChI=1S/C17H16N2O3S/c1-8-3-2-4-11-14(8)18-17(23-11)19-15(20)12-9-5-6-10(7-9)13(12)16(21)22/h2-6,9-10,12-13H,7H2,1H3,(H,21,22)(H,18,19,20)/t9-,10-,12+,13+/m0/s1. The van der Waals surface area contributed by atoms with E-state index in [0.717, 1.165) is 22.2 Å². The van der Waals surface area contributed by atoms with Crippen LogP contribution in [0, 0.1) is 30.6 Å². The first kappa shape index (κ1) is 14.4. The first-order valence-corrected chi connectivity index (χ1v) is 8.44. The number of aryl methyl sites for hydroxylation is 1. The number of allylic oxidation sites excluding steroid dienone is 2. The Bertz CT molecular complexity index is 841. The van der Waals surface area contributed by atoms with Crippen molar-refractivity contribution in [1.29, 1.82) is 0 Å². The van der Waals surface area contributed by atoms with Crippen LogP contribution in [0.5, 0.6) is 0 Å². The van der Waals surface area contributed by atoms with Gasteiger partial charge in [0.15, 0.2) is 5.13 Å². The highest BCUT2D eigenvalue weighted by molar-refractivity contribution is 7.22. The van der Waals surface area contributed by atoms with Gasteiger partial charge in [0.2, 0.25) is 5.91 Å². The Kier molecular flexibility index (Phi) is 3.23. The molecule has 1 amide bonds. The van der Waals surface area contributed by atoms with Crippen molar-refractivity contribution in [2.24, 2.45) is 23.7 Å². The summed E-state index contributed by atoms with van der Waals surface area (Å²) in [5.74, 6) is -2.24. The average Bonchev–Trinajstić information content (AvgIpc) is 3.19. The molecule has 5 nitrogen and oxygen atoms in total. The molecule has 0 aliphatic heterocycles. The predicted octanol–water partition coefficient (Wildman–Crippen LogP) is 3.07. The number of carbonyl (C=O) groups is 2. The second kappa shape index (κ2) is 5.16. The van der Waals surface area contributed by atoms with Gasteiger partial charge in [0.25, 0.3) is 0 Å². The molecule has 1 saturated carbocycles. The van der Waals surface area contributed by atoms with Crippen LogP contribution in [0.15, 0.2) is 30.4 Å². The van der Waals surface area contributed by atoms with Crippen LogP contribution >= 0.6 is 11.3 Å². The quantitative estimate of drug-likeness (QED) is 0.849. The summed E-state index contributed by atoms with van der Waals surface area (Å²) in [7, 11) is 0. The molecule has 1 heterocycles. The fraction of sp³-hybridized carbons (Fsp3) is 0.353. The van der Waals surface area contributed by atoms with Crippen LogP contribution in [-0.4, -0.2) is 22.0 Å². The lowest BCUT2D eigenvalue weighted by Gasteiger charge is -2.23. The molecule has 2 aromatic rings. The minimum Gasteiger partial charge on any atom is -0.481 e. The van der Waals surface area contributed by atoms with Crippen molar-refractivity contribution in [3.05, 3.63) is 35.9 Å². The van der Waals surface area contributed by atoms with Gasteiger partial charge in [-0.05, 0) is 36.8 Å². The van der Waals surface area contributed by atoms with E-state index in [-0.39, 0.29) is 17.7 Å². The Morgan fingerprint density at radius 2 is 2.00 bits per heavy atom. The number of para-hydroxylation sites is 1. The Labute approximate surface area is 137 Å². The number of carboxylic acid groups (broad SMARTS) is 1. The van der Waals surface area contributed by atoms with Crippen molar-refractivity contribution in [1.82, 2.24) is 4.98 Å². The summed E-state index contributed by atoms with van der Waals surface area (Å²) in [6.45, 7) is 1.98. The van der Waals surface area contributed by atoms with E-state index in [4.69, 9.17) is 0 Å². The van der Waals surface area contributed by atoms with Crippen molar-refractivity contribution >= 4 is 38.6 Å². The van der Waals surface area contributed by atoms with E-state index < -0.39 is 17.8 Å². The number of benzene rings is 1. The van der Waals surface area contributed by atoms with Crippen molar-refractivity contribution in [3.63, 3.8) is 0 Å². The van der Waals surface area contributed by atoms with Crippen molar-refractivity contribution in [2.45, 2.75) is 13.3 Å². The van der Waals surface area contributed by atoms with E-state index >= 15 is 0 Å². The number of aliphatic carboxylic acids is 1. The molecule has 0 radical (unpaired) electrons. The van der Waals surface area contributed by atoms with Gasteiger partial charge in [-0.25, -0.2) is 4.98 Å². The van der Waals surface area contributed by atoms with Gasteiger partial charge in [0, 0.05) is 0 Å². The number of nitrogens with zero attached hydrogens (tertiary/aromatic N) is 1. The minimum atomic E-state index is -0.887. The van der Waals surface area contributed by atoms with E-state index in [2.05, 4.69) is 10.3 Å². The minimum absolute atomic E-state index is 0.0224. The van der Waals surface area contributed by atoms with Crippen LogP contribution in [0.1, 0.15) is 12.0 Å². The Balaban J connectivity index is 1.60. The lowest BCUT2D eigenvalue weighted by molar-refractivity contribution is -0.146. The first-order valence-electron chi connectivity index (χ1n) is 7.63. The van der Waals surface area contributed by atoms with Crippen LogP contribution in [0.2, 0.25) is 0 Å². The Morgan fingerprint density at radius 1 is 1.26 bits per heavy atom. The molecule has 2 N–H and O–H groups in total. The molecule has 6 heteroatoms. The molecular formula is C17H16N2O3S. The number of anilines is 1. The van der Waals surface area contributed by atoms with Gasteiger partial charge >= 0.3 is 5.97 Å². The van der Waals surface area contributed by atoms with Gasteiger partial charge in [-0.3, -0.25) is 9.59 Å². The highest BCUT2D eigenvalue weighted by Gasteiger charge is 2.51. The fourth-order valence-electron chi connectivity index (χ4n) is 3.84. The number of carboxylic acids is 1. The molecule has 0 unspecified atom stereocenters. The number of nitrogens with one attached hydrogen (secondary N) is 1. The number of rotatable bonds is 3. The van der Waals surface area contributed by atoms with E-state index in [1.807, 2.05) is 37.3 Å². The lowest BCUT2D eigenvalue weighted by atomic mass is 9.82. The summed E-state index contributed by atoms with van der Waals surface area (Å²) in [5, 5.41) is 12.8. The summed E-state index contributed by atoms with van der Waals surface area (Å²) in [6.07, 6.45) is 4.68. The molecule has 23 heavy (non-hydrogen) atoms. The van der Waals surface area contributed by atoms with Crippen LogP contribution < -0.4 is 5.32 Å². The normalized spacial score (nSPS) is 28.4. The van der Waals surface area contributed by atoms with E-state index in [9.17, 15) is 14.7 Å². The van der Waals surface area contributed by atoms with Crippen LogP contribution in [0.4, 0.5) is 5.13 Å². The number of fused-ring (bicyclic) bond motifs is 3. The zero-order valence-corrected chi connectivity index (χ0v) is 13.3. The Morgan fingerprint density at radius 3 is 2.70 bits per heavy atom. The predicted molar refractivity (Wildman–Crippen MR) is 88.3 cm³/mol. The maximum absolute atomic E-state index is 12.6. The molecular weight excluding hydrogens is 312 g/mol. The van der Waals surface area contributed by atoms with Gasteiger partial charge in [0.05, 0.1) is 22.1 Å². The molecule has 0 spiro atoms. The highest BCUT2D eigenvalue weighted by atomic mass is 32.1. The van der Waals surface area contributed by atoms with Crippen LogP contribution in [-0.2, 0) is 9.59 Å². The molecule has 1 fully saturated rings. The third-order valence-electron chi connectivity index (χ3n) is 4.90. The summed E-state index contributed by atoms with van der Waals surface area (Å²) in [5.41, 5.74) is 1.95. The van der Waals surface area contributed by atoms with E-state index in [1.54, 1.807) is 0 Å². The first-order chi connectivity index (χ1) is 11.0. The second-order valence-corrected chi connectivity index (χ2v) is 7.30. The summed E-state index contributed by atoms with van der Waals surface area (Å²) < 4.78 is 1.02. The van der Waals surface area contributed by atoms with Crippen molar-refractivity contribution in [3.8, 4) is 0 Å². The SMILES string of the molecule is Cc1cccc2sc(NC(=O)[C@H]3[C@H](C(=O)O)[C@H]4C=C[C@H]3C4)nc12. The zero-order valence-electron chi connectivity index (χ0n) is 12.5. The highest BCUT2D eigenvalue weighted by Crippen LogP contribution is 2.48. The van der Waals surface area contributed by atoms with E-state index in [1.165, 1.54) is 11.3 Å².